The minimum Gasteiger partial charge on any atom is -0.197 e. The smallest absolute Gasteiger partial charge is 0.103 e. The van der Waals surface area contributed by atoms with Crippen LogP contribution in [0.15, 0.2) is 0 Å². The highest BCUT2D eigenvalue weighted by molar-refractivity contribution is 7.82. The van der Waals surface area contributed by atoms with Crippen molar-refractivity contribution in [1.82, 2.24) is 0 Å². The molecule has 0 radical (unpaired) electrons. The molecule has 0 saturated heterocycles. The van der Waals surface area contributed by atoms with Crippen molar-refractivity contribution in [2.24, 2.45) is 23.2 Å². The van der Waals surface area contributed by atoms with E-state index in [1.54, 1.807) is 0 Å². The van der Waals surface area contributed by atoms with Gasteiger partial charge in [0.2, 0.25) is 0 Å². The van der Waals surface area contributed by atoms with Gasteiger partial charge in [0, 0.05) is 0 Å². The third-order valence-corrected chi connectivity index (χ3v) is 5.34. The molecule has 16 heavy (non-hydrogen) atoms. The number of hydrogen-bond acceptors (Lipinski definition) is 2. The Labute approximate surface area is 105 Å². The topological polar surface area (TPSA) is 23.8 Å². The van der Waals surface area contributed by atoms with E-state index in [-0.39, 0.29) is 4.75 Å². The molecule has 1 nitrogen and oxygen atoms in total. The third kappa shape index (κ3) is 1.88. The fraction of sp³-hybridized carbons (Fsp3) is 0.929. The standard InChI is InChI=1S/C14H23NS/c1-4-5-10-6-14(16,9-15)12-8-13(2,3)7-11(10)12/h10-12,16H,4-8H2,1-3H3. The predicted molar refractivity (Wildman–Crippen MR) is 70.3 cm³/mol. The Balaban J connectivity index is 2.23. The summed E-state index contributed by atoms with van der Waals surface area (Å²) in [6.45, 7) is 6.94. The molecule has 0 bridgehead atoms. The summed E-state index contributed by atoms with van der Waals surface area (Å²) < 4.78 is -0.335. The first-order valence-electron chi connectivity index (χ1n) is 6.55. The van der Waals surface area contributed by atoms with Crippen molar-refractivity contribution < 1.29 is 0 Å². The Morgan fingerprint density at radius 1 is 1.31 bits per heavy atom. The summed E-state index contributed by atoms with van der Waals surface area (Å²) in [4.78, 5) is 0. The van der Waals surface area contributed by atoms with Gasteiger partial charge in [-0.05, 0) is 42.4 Å². The van der Waals surface area contributed by atoms with Crippen LogP contribution in [0, 0.1) is 34.5 Å². The van der Waals surface area contributed by atoms with E-state index in [1.165, 1.54) is 25.7 Å². The van der Waals surface area contributed by atoms with Crippen LogP contribution in [-0.4, -0.2) is 4.75 Å². The Kier molecular flexibility index (Phi) is 3.03. The summed E-state index contributed by atoms with van der Waals surface area (Å²) in [5, 5.41) is 9.40. The largest absolute Gasteiger partial charge is 0.197 e. The molecule has 0 aliphatic heterocycles. The van der Waals surface area contributed by atoms with Gasteiger partial charge < -0.3 is 0 Å². The Bertz CT molecular complexity index is 317. The van der Waals surface area contributed by atoms with Gasteiger partial charge >= 0.3 is 0 Å². The molecular formula is C14H23NS. The van der Waals surface area contributed by atoms with Crippen LogP contribution in [0.25, 0.3) is 0 Å². The maximum atomic E-state index is 9.40. The number of nitrogens with zero attached hydrogens (tertiary/aromatic N) is 1. The van der Waals surface area contributed by atoms with Crippen LogP contribution in [-0.2, 0) is 0 Å². The normalized spacial score (nSPS) is 45.3. The van der Waals surface area contributed by atoms with Crippen molar-refractivity contribution in [3.05, 3.63) is 0 Å². The van der Waals surface area contributed by atoms with Crippen molar-refractivity contribution in [3.8, 4) is 6.07 Å². The first kappa shape index (κ1) is 12.3. The van der Waals surface area contributed by atoms with Gasteiger partial charge in [0.05, 0.1) is 6.07 Å². The first-order chi connectivity index (χ1) is 7.42. The fourth-order valence-corrected chi connectivity index (χ4v) is 4.66. The summed E-state index contributed by atoms with van der Waals surface area (Å²) in [6.07, 6.45) is 6.03. The van der Waals surface area contributed by atoms with Gasteiger partial charge in [-0.15, -0.1) is 0 Å². The van der Waals surface area contributed by atoms with Crippen LogP contribution < -0.4 is 0 Å². The molecule has 0 aromatic heterocycles. The molecule has 0 spiro atoms. The van der Waals surface area contributed by atoms with Gasteiger partial charge in [0.25, 0.3) is 0 Å². The van der Waals surface area contributed by atoms with Gasteiger partial charge in [0.1, 0.15) is 4.75 Å². The number of hydrogen-bond donors (Lipinski definition) is 1. The zero-order chi connectivity index (χ0) is 12.0. The Hall–Kier alpha value is -0.160. The second-order valence-corrected chi connectivity index (χ2v) is 7.43. The third-order valence-electron chi connectivity index (χ3n) is 4.72. The van der Waals surface area contributed by atoms with Gasteiger partial charge in [-0.3, -0.25) is 0 Å². The molecular weight excluding hydrogens is 214 g/mol. The van der Waals surface area contributed by atoms with Crippen molar-refractivity contribution in [3.63, 3.8) is 0 Å². The highest BCUT2D eigenvalue weighted by Gasteiger charge is 2.57. The fourth-order valence-electron chi connectivity index (χ4n) is 4.15. The summed E-state index contributed by atoms with van der Waals surface area (Å²) in [6, 6.07) is 2.50. The second kappa shape index (κ2) is 3.95. The van der Waals surface area contributed by atoms with E-state index < -0.39 is 0 Å². The predicted octanol–water partition coefficient (Wildman–Crippen LogP) is 4.05. The molecule has 2 aliphatic carbocycles. The van der Waals surface area contributed by atoms with Gasteiger partial charge in [0.15, 0.2) is 0 Å². The monoisotopic (exact) mass is 237 g/mol. The number of thiol groups is 1. The lowest BCUT2D eigenvalue weighted by Gasteiger charge is -2.25. The molecule has 0 amide bonds. The summed E-state index contributed by atoms with van der Waals surface area (Å²) in [5.74, 6) is 2.04. The SMILES string of the molecule is CCCC1CC(S)(C#N)C2CC(C)(C)CC12. The molecule has 0 N–H and O–H groups in total. The van der Waals surface area contributed by atoms with E-state index in [1.807, 2.05) is 0 Å². The molecule has 0 heterocycles. The Morgan fingerprint density at radius 3 is 2.56 bits per heavy atom. The van der Waals surface area contributed by atoms with Gasteiger partial charge in [-0.2, -0.15) is 17.9 Å². The molecule has 2 fully saturated rings. The van der Waals surface area contributed by atoms with Crippen LogP contribution in [0.1, 0.15) is 52.9 Å². The lowest BCUT2D eigenvalue weighted by atomic mass is 9.83. The molecule has 0 aromatic carbocycles. The molecule has 2 rings (SSSR count). The lowest BCUT2D eigenvalue weighted by molar-refractivity contribution is 0.293. The van der Waals surface area contributed by atoms with Gasteiger partial charge in [-0.25, -0.2) is 0 Å². The van der Waals surface area contributed by atoms with Crippen molar-refractivity contribution in [1.29, 1.82) is 5.26 Å². The first-order valence-corrected chi connectivity index (χ1v) is 7.00. The van der Waals surface area contributed by atoms with E-state index in [0.717, 1.165) is 18.3 Å². The maximum Gasteiger partial charge on any atom is 0.103 e. The number of fused-ring (bicyclic) bond motifs is 1. The average Bonchev–Trinajstić information content (AvgIpc) is 2.64. The second-order valence-electron chi connectivity index (χ2n) is 6.63. The van der Waals surface area contributed by atoms with Crippen molar-refractivity contribution in [2.45, 2.75) is 57.6 Å². The molecule has 2 aliphatic rings. The van der Waals surface area contributed by atoms with Crippen molar-refractivity contribution in [2.75, 3.05) is 0 Å². The van der Waals surface area contributed by atoms with Crippen LogP contribution in [0.5, 0.6) is 0 Å². The van der Waals surface area contributed by atoms with E-state index in [9.17, 15) is 5.26 Å². The molecule has 4 unspecified atom stereocenters. The summed E-state index contributed by atoms with van der Waals surface area (Å²) in [5.41, 5.74) is 0.423. The van der Waals surface area contributed by atoms with E-state index >= 15 is 0 Å². The molecule has 2 heteroatoms. The minimum atomic E-state index is -0.335. The number of rotatable bonds is 2. The minimum absolute atomic E-state index is 0.335. The molecule has 0 aromatic rings. The van der Waals surface area contributed by atoms with E-state index in [0.29, 0.717) is 11.3 Å². The zero-order valence-corrected chi connectivity index (χ0v) is 11.6. The van der Waals surface area contributed by atoms with E-state index in [2.05, 4.69) is 26.8 Å². The summed E-state index contributed by atoms with van der Waals surface area (Å²) >= 11 is 4.72. The maximum absolute atomic E-state index is 9.40. The quantitative estimate of drug-likeness (QED) is 0.720. The van der Waals surface area contributed by atoms with Crippen LogP contribution in [0.2, 0.25) is 0 Å². The zero-order valence-electron chi connectivity index (χ0n) is 10.7. The van der Waals surface area contributed by atoms with Gasteiger partial charge in [-0.1, -0.05) is 33.6 Å². The lowest BCUT2D eigenvalue weighted by Crippen LogP contribution is -2.26. The average molecular weight is 237 g/mol. The van der Waals surface area contributed by atoms with Crippen molar-refractivity contribution >= 4 is 12.6 Å². The summed E-state index contributed by atoms with van der Waals surface area (Å²) in [7, 11) is 0. The molecule has 4 atom stereocenters. The molecule has 90 valence electrons. The highest BCUT2D eigenvalue weighted by atomic mass is 32.1. The number of nitriles is 1. The Morgan fingerprint density at radius 2 is 2.00 bits per heavy atom. The highest BCUT2D eigenvalue weighted by Crippen LogP contribution is 2.61. The van der Waals surface area contributed by atoms with Crippen LogP contribution in [0.3, 0.4) is 0 Å². The van der Waals surface area contributed by atoms with Crippen LogP contribution in [0.4, 0.5) is 0 Å². The van der Waals surface area contributed by atoms with Crippen LogP contribution >= 0.6 is 12.6 Å². The van der Waals surface area contributed by atoms with E-state index in [4.69, 9.17) is 12.6 Å². The molecule has 2 saturated carbocycles.